The summed E-state index contributed by atoms with van der Waals surface area (Å²) in [6.07, 6.45) is 13.4. The molecule has 0 nitrogen and oxygen atoms in total. The van der Waals surface area contributed by atoms with Gasteiger partial charge in [-0.2, -0.15) is 0 Å². The standard InChI is InChI=1S/C34H46/c1-5-7-9-11-13-27(3)29-15-19-31(20-16-29)33-23-25-34(26-24-33)32-21-17-30(18-22-32)28(4)14-12-10-8-6-2/h15-28H,5-14H2,1-4H3/t27-,28-/m0/s1. The van der Waals surface area contributed by atoms with Gasteiger partial charge in [-0.25, -0.2) is 0 Å². The predicted molar refractivity (Wildman–Crippen MR) is 152 cm³/mol. The van der Waals surface area contributed by atoms with E-state index in [1.54, 1.807) is 0 Å². The van der Waals surface area contributed by atoms with Crippen molar-refractivity contribution in [3.05, 3.63) is 83.9 Å². The number of hydrogen-bond donors (Lipinski definition) is 0. The normalized spacial score (nSPS) is 13.1. The molecule has 0 radical (unpaired) electrons. The first-order valence-corrected chi connectivity index (χ1v) is 13.9. The number of hydrogen-bond acceptors (Lipinski definition) is 0. The first-order chi connectivity index (χ1) is 16.6. The zero-order chi connectivity index (χ0) is 24.2. The van der Waals surface area contributed by atoms with Gasteiger partial charge in [0.1, 0.15) is 0 Å². The number of rotatable bonds is 14. The van der Waals surface area contributed by atoms with Crippen LogP contribution in [0.15, 0.2) is 72.8 Å². The predicted octanol–water partition coefficient (Wildman–Crippen LogP) is 11.2. The number of benzene rings is 3. The third-order valence-electron chi connectivity index (χ3n) is 7.49. The van der Waals surface area contributed by atoms with E-state index >= 15 is 0 Å². The van der Waals surface area contributed by atoms with E-state index in [4.69, 9.17) is 0 Å². The molecule has 0 aliphatic heterocycles. The van der Waals surface area contributed by atoms with Gasteiger partial charge in [-0.05, 0) is 58.1 Å². The molecule has 0 saturated heterocycles. The van der Waals surface area contributed by atoms with Crippen molar-refractivity contribution in [2.45, 2.75) is 104 Å². The Morgan fingerprint density at radius 2 is 0.706 bits per heavy atom. The molecule has 0 spiro atoms. The second-order valence-corrected chi connectivity index (χ2v) is 10.3. The molecule has 0 amide bonds. The van der Waals surface area contributed by atoms with Gasteiger partial charge in [0.25, 0.3) is 0 Å². The minimum absolute atomic E-state index is 0.648. The fourth-order valence-electron chi connectivity index (χ4n) is 4.95. The van der Waals surface area contributed by atoms with Gasteiger partial charge < -0.3 is 0 Å². The summed E-state index contributed by atoms with van der Waals surface area (Å²) in [6.45, 7) is 9.30. The molecule has 0 unspecified atom stereocenters. The van der Waals surface area contributed by atoms with Crippen LogP contribution in [0.2, 0.25) is 0 Å². The van der Waals surface area contributed by atoms with Crippen LogP contribution < -0.4 is 0 Å². The second-order valence-electron chi connectivity index (χ2n) is 10.3. The van der Waals surface area contributed by atoms with Crippen molar-refractivity contribution in [3.63, 3.8) is 0 Å². The monoisotopic (exact) mass is 454 g/mol. The van der Waals surface area contributed by atoms with Crippen LogP contribution in [0.1, 0.15) is 115 Å². The highest BCUT2D eigenvalue weighted by Gasteiger charge is 2.08. The largest absolute Gasteiger partial charge is 0.0654 e. The third kappa shape index (κ3) is 7.86. The van der Waals surface area contributed by atoms with E-state index in [-0.39, 0.29) is 0 Å². The van der Waals surface area contributed by atoms with Gasteiger partial charge in [-0.1, -0.05) is 152 Å². The van der Waals surface area contributed by atoms with Crippen LogP contribution in [0.3, 0.4) is 0 Å². The first-order valence-electron chi connectivity index (χ1n) is 13.9. The van der Waals surface area contributed by atoms with E-state index in [0.29, 0.717) is 11.8 Å². The van der Waals surface area contributed by atoms with Crippen molar-refractivity contribution in [3.8, 4) is 22.3 Å². The molecule has 34 heavy (non-hydrogen) atoms. The van der Waals surface area contributed by atoms with E-state index in [1.165, 1.54) is 97.6 Å². The SMILES string of the molecule is CCCCCC[C@H](C)c1ccc(-c2ccc(-c3ccc([C@@H](C)CCCCCC)cc3)cc2)cc1. The Hall–Kier alpha value is -2.34. The Bertz CT molecular complexity index is 850. The average Bonchev–Trinajstić information content (AvgIpc) is 2.89. The summed E-state index contributed by atoms with van der Waals surface area (Å²) in [6, 6.07) is 27.6. The van der Waals surface area contributed by atoms with Crippen molar-refractivity contribution in [1.29, 1.82) is 0 Å². The molecule has 0 aromatic heterocycles. The summed E-state index contributed by atoms with van der Waals surface area (Å²) in [4.78, 5) is 0. The van der Waals surface area contributed by atoms with Crippen molar-refractivity contribution in [2.24, 2.45) is 0 Å². The summed E-state index contributed by atoms with van der Waals surface area (Å²) < 4.78 is 0. The molecule has 3 aromatic carbocycles. The van der Waals surface area contributed by atoms with Crippen LogP contribution in [0.4, 0.5) is 0 Å². The Morgan fingerprint density at radius 3 is 1.00 bits per heavy atom. The zero-order valence-electron chi connectivity index (χ0n) is 22.2. The van der Waals surface area contributed by atoms with Gasteiger partial charge in [-0.15, -0.1) is 0 Å². The van der Waals surface area contributed by atoms with Crippen LogP contribution in [0.5, 0.6) is 0 Å². The minimum atomic E-state index is 0.648. The Labute approximate surface area is 209 Å². The summed E-state index contributed by atoms with van der Waals surface area (Å²) >= 11 is 0. The average molecular weight is 455 g/mol. The van der Waals surface area contributed by atoms with E-state index in [9.17, 15) is 0 Å². The fourth-order valence-corrected chi connectivity index (χ4v) is 4.95. The molecule has 0 heteroatoms. The van der Waals surface area contributed by atoms with Gasteiger partial charge in [-0.3, -0.25) is 0 Å². The molecule has 0 bridgehead atoms. The molecule has 3 rings (SSSR count). The van der Waals surface area contributed by atoms with Crippen molar-refractivity contribution >= 4 is 0 Å². The lowest BCUT2D eigenvalue weighted by molar-refractivity contribution is 0.580. The van der Waals surface area contributed by atoms with Crippen molar-refractivity contribution < 1.29 is 0 Å². The maximum atomic E-state index is 2.37. The summed E-state index contributed by atoms with van der Waals surface area (Å²) in [5, 5.41) is 0. The van der Waals surface area contributed by atoms with Gasteiger partial charge in [0, 0.05) is 0 Å². The maximum Gasteiger partial charge on any atom is -0.0184 e. The molecule has 0 aliphatic rings. The van der Waals surface area contributed by atoms with E-state index in [2.05, 4.69) is 100 Å². The first kappa shape index (κ1) is 26.3. The summed E-state index contributed by atoms with van der Waals surface area (Å²) in [7, 11) is 0. The molecule has 3 aromatic rings. The van der Waals surface area contributed by atoms with Gasteiger partial charge in [0.2, 0.25) is 0 Å². The van der Waals surface area contributed by atoms with E-state index in [1.807, 2.05) is 0 Å². The van der Waals surface area contributed by atoms with Crippen LogP contribution in [0, 0.1) is 0 Å². The van der Waals surface area contributed by atoms with E-state index < -0.39 is 0 Å². The maximum absolute atomic E-state index is 2.37. The smallest absolute Gasteiger partial charge is 0.0184 e. The summed E-state index contributed by atoms with van der Waals surface area (Å²) in [5.74, 6) is 1.30. The number of unbranched alkanes of at least 4 members (excludes halogenated alkanes) is 6. The third-order valence-corrected chi connectivity index (χ3v) is 7.49. The Kier molecular flexibility index (Phi) is 10.9. The summed E-state index contributed by atoms with van der Waals surface area (Å²) in [5.41, 5.74) is 8.14. The second kappa shape index (κ2) is 14.1. The molecule has 0 N–H and O–H groups in total. The molecular weight excluding hydrogens is 408 g/mol. The van der Waals surface area contributed by atoms with E-state index in [0.717, 1.165) is 0 Å². The molecule has 0 fully saturated rings. The Morgan fingerprint density at radius 1 is 0.412 bits per heavy atom. The highest BCUT2D eigenvalue weighted by Crippen LogP contribution is 2.29. The quantitative estimate of drug-likeness (QED) is 0.212. The lowest BCUT2D eigenvalue weighted by atomic mass is 9.92. The van der Waals surface area contributed by atoms with Crippen molar-refractivity contribution in [1.82, 2.24) is 0 Å². The fraction of sp³-hybridized carbons (Fsp3) is 0.471. The van der Waals surface area contributed by atoms with Crippen LogP contribution in [-0.2, 0) is 0 Å². The van der Waals surface area contributed by atoms with Crippen LogP contribution >= 0.6 is 0 Å². The highest BCUT2D eigenvalue weighted by molar-refractivity contribution is 5.70. The molecule has 0 saturated carbocycles. The van der Waals surface area contributed by atoms with Crippen LogP contribution in [0.25, 0.3) is 22.3 Å². The molecule has 2 atom stereocenters. The highest BCUT2D eigenvalue weighted by atomic mass is 14.1. The molecule has 0 aliphatic carbocycles. The minimum Gasteiger partial charge on any atom is -0.0654 e. The molecular formula is C34H46. The van der Waals surface area contributed by atoms with Gasteiger partial charge >= 0.3 is 0 Å². The molecule has 0 heterocycles. The van der Waals surface area contributed by atoms with Gasteiger partial charge in [0.05, 0.1) is 0 Å². The lowest BCUT2D eigenvalue weighted by Crippen LogP contribution is -1.94. The Balaban J connectivity index is 1.57. The van der Waals surface area contributed by atoms with Crippen LogP contribution in [-0.4, -0.2) is 0 Å². The van der Waals surface area contributed by atoms with Crippen molar-refractivity contribution in [2.75, 3.05) is 0 Å². The topological polar surface area (TPSA) is 0 Å². The lowest BCUT2D eigenvalue weighted by Gasteiger charge is -2.13. The molecule has 182 valence electrons. The van der Waals surface area contributed by atoms with Gasteiger partial charge in [0.15, 0.2) is 0 Å². The zero-order valence-corrected chi connectivity index (χ0v) is 22.2.